The zero-order valence-corrected chi connectivity index (χ0v) is 15.5. The molecule has 1 saturated carbocycles. The van der Waals surface area contributed by atoms with Crippen LogP contribution in [0.25, 0.3) is 6.08 Å². The SMILES string of the molecule is C=CC(=O)N1[C@@H](/C=C/c2ccccc2)O[C@@H]2C[C@H](C)CC[C@H]2C1(C)C. The highest BCUT2D eigenvalue weighted by Gasteiger charge is 2.51. The molecular weight excluding hydrogens is 310 g/mol. The Morgan fingerprint density at radius 3 is 2.68 bits per heavy atom. The molecule has 2 aliphatic rings. The predicted octanol–water partition coefficient (Wildman–Crippen LogP) is 4.65. The minimum atomic E-state index is -0.354. The Kier molecular flexibility index (Phi) is 5.14. The summed E-state index contributed by atoms with van der Waals surface area (Å²) >= 11 is 0. The number of hydrogen-bond acceptors (Lipinski definition) is 2. The van der Waals surface area contributed by atoms with E-state index < -0.39 is 0 Å². The molecule has 1 aliphatic heterocycles. The second-order valence-corrected chi connectivity index (χ2v) is 7.93. The standard InChI is InChI=1S/C22H29NO2/c1-5-20(24)23-21(14-12-17-9-7-6-8-10-17)25-19-15-16(2)11-13-18(19)22(23,3)4/h5-10,12,14,16,18-19,21H,1,11,13,15H2,2-4H3/b14-12+/t16-,18-,19-,21-/m1/s1. The lowest BCUT2D eigenvalue weighted by molar-refractivity contribution is -0.213. The van der Waals surface area contributed by atoms with Crippen molar-refractivity contribution in [3.8, 4) is 0 Å². The van der Waals surface area contributed by atoms with Crippen LogP contribution in [0, 0.1) is 11.8 Å². The van der Waals surface area contributed by atoms with Crippen molar-refractivity contribution in [2.45, 2.75) is 57.9 Å². The fraction of sp³-hybridized carbons (Fsp3) is 0.500. The summed E-state index contributed by atoms with van der Waals surface area (Å²) < 4.78 is 6.42. The van der Waals surface area contributed by atoms with Crippen LogP contribution in [0.2, 0.25) is 0 Å². The monoisotopic (exact) mass is 339 g/mol. The molecule has 1 aromatic carbocycles. The predicted molar refractivity (Wildman–Crippen MR) is 102 cm³/mol. The smallest absolute Gasteiger partial charge is 0.248 e. The molecule has 0 bridgehead atoms. The van der Waals surface area contributed by atoms with Crippen LogP contribution in [0.1, 0.15) is 45.6 Å². The van der Waals surface area contributed by atoms with Gasteiger partial charge >= 0.3 is 0 Å². The Balaban J connectivity index is 1.91. The van der Waals surface area contributed by atoms with Crippen LogP contribution in [0.3, 0.4) is 0 Å². The molecule has 1 amide bonds. The lowest BCUT2D eigenvalue weighted by atomic mass is 9.69. The van der Waals surface area contributed by atoms with Gasteiger partial charge in [-0.25, -0.2) is 0 Å². The van der Waals surface area contributed by atoms with Crippen molar-refractivity contribution in [1.29, 1.82) is 0 Å². The molecule has 3 nitrogen and oxygen atoms in total. The fourth-order valence-electron chi connectivity index (χ4n) is 4.43. The zero-order chi connectivity index (χ0) is 18.0. The molecule has 1 aromatic rings. The van der Waals surface area contributed by atoms with Crippen LogP contribution in [-0.4, -0.2) is 28.7 Å². The summed E-state index contributed by atoms with van der Waals surface area (Å²) in [4.78, 5) is 14.5. The van der Waals surface area contributed by atoms with Crippen LogP contribution < -0.4 is 0 Å². The molecule has 25 heavy (non-hydrogen) atoms. The molecular formula is C22H29NO2. The van der Waals surface area contributed by atoms with Crippen LogP contribution >= 0.6 is 0 Å². The Bertz CT molecular complexity index is 649. The Morgan fingerprint density at radius 1 is 1.28 bits per heavy atom. The highest BCUT2D eigenvalue weighted by molar-refractivity contribution is 5.88. The van der Waals surface area contributed by atoms with E-state index in [1.807, 2.05) is 35.3 Å². The van der Waals surface area contributed by atoms with Gasteiger partial charge in [0.2, 0.25) is 5.91 Å². The van der Waals surface area contributed by atoms with E-state index in [0.717, 1.165) is 18.4 Å². The van der Waals surface area contributed by atoms with Crippen molar-refractivity contribution in [3.05, 3.63) is 54.6 Å². The van der Waals surface area contributed by atoms with Gasteiger partial charge in [-0.15, -0.1) is 0 Å². The summed E-state index contributed by atoms with van der Waals surface area (Å²) in [6, 6.07) is 10.1. The number of hydrogen-bond donors (Lipinski definition) is 0. The van der Waals surface area contributed by atoms with E-state index in [1.165, 1.54) is 12.5 Å². The minimum Gasteiger partial charge on any atom is -0.351 e. The largest absolute Gasteiger partial charge is 0.351 e. The normalized spacial score (nSPS) is 31.6. The first-order valence-electron chi connectivity index (χ1n) is 9.28. The Labute approximate surface area is 151 Å². The molecule has 1 heterocycles. The third kappa shape index (κ3) is 3.57. The molecule has 0 unspecified atom stereocenters. The third-order valence-electron chi connectivity index (χ3n) is 5.82. The van der Waals surface area contributed by atoms with Gasteiger partial charge in [-0.2, -0.15) is 0 Å². The molecule has 0 aromatic heterocycles. The van der Waals surface area contributed by atoms with Gasteiger partial charge in [-0.05, 0) is 50.3 Å². The maximum Gasteiger partial charge on any atom is 0.248 e. The van der Waals surface area contributed by atoms with E-state index in [1.54, 1.807) is 0 Å². The summed E-state index contributed by atoms with van der Waals surface area (Å²) in [6.45, 7) is 10.3. The second kappa shape index (κ2) is 7.17. The Hall–Kier alpha value is -1.87. The molecule has 1 saturated heterocycles. The number of nitrogens with zero attached hydrogens (tertiary/aromatic N) is 1. The average Bonchev–Trinajstić information content (AvgIpc) is 2.59. The van der Waals surface area contributed by atoms with Gasteiger partial charge in [-0.1, -0.05) is 56.3 Å². The van der Waals surface area contributed by atoms with Crippen LogP contribution in [0.5, 0.6) is 0 Å². The molecule has 0 N–H and O–H groups in total. The molecule has 1 aliphatic carbocycles. The molecule has 134 valence electrons. The van der Waals surface area contributed by atoms with E-state index >= 15 is 0 Å². The van der Waals surface area contributed by atoms with Gasteiger partial charge in [0.1, 0.15) is 0 Å². The topological polar surface area (TPSA) is 29.5 Å². The first-order valence-corrected chi connectivity index (χ1v) is 9.28. The number of fused-ring (bicyclic) bond motifs is 1. The number of carbonyl (C=O) groups is 1. The molecule has 0 radical (unpaired) electrons. The summed E-state index contributed by atoms with van der Waals surface area (Å²) in [5.41, 5.74) is 0.856. The van der Waals surface area contributed by atoms with Gasteiger partial charge in [-0.3, -0.25) is 4.79 Å². The summed E-state index contributed by atoms with van der Waals surface area (Å²) in [7, 11) is 0. The quantitative estimate of drug-likeness (QED) is 0.750. The molecule has 3 rings (SSSR count). The number of carbonyl (C=O) groups excluding carboxylic acids is 1. The first kappa shape index (κ1) is 17.9. The van der Waals surface area contributed by atoms with Crippen molar-refractivity contribution in [2.24, 2.45) is 11.8 Å². The molecule has 2 fully saturated rings. The maximum atomic E-state index is 12.6. The number of rotatable bonds is 3. The molecule has 4 atom stereocenters. The van der Waals surface area contributed by atoms with E-state index in [-0.39, 0.29) is 23.8 Å². The van der Waals surface area contributed by atoms with E-state index in [4.69, 9.17) is 4.74 Å². The van der Waals surface area contributed by atoms with Crippen molar-refractivity contribution in [3.63, 3.8) is 0 Å². The van der Waals surface area contributed by atoms with Crippen LogP contribution in [-0.2, 0) is 9.53 Å². The van der Waals surface area contributed by atoms with Gasteiger partial charge in [0.15, 0.2) is 6.23 Å². The molecule has 0 spiro atoms. The first-order chi connectivity index (χ1) is 11.9. The van der Waals surface area contributed by atoms with Gasteiger partial charge in [0.25, 0.3) is 0 Å². The lowest BCUT2D eigenvalue weighted by Gasteiger charge is -2.56. The number of ether oxygens (including phenoxy) is 1. The van der Waals surface area contributed by atoms with Crippen molar-refractivity contribution >= 4 is 12.0 Å². The van der Waals surface area contributed by atoms with Gasteiger partial charge < -0.3 is 9.64 Å². The lowest BCUT2D eigenvalue weighted by Crippen LogP contribution is -2.65. The second-order valence-electron chi connectivity index (χ2n) is 7.93. The van der Waals surface area contributed by atoms with E-state index in [9.17, 15) is 4.79 Å². The number of benzene rings is 1. The number of amides is 1. The zero-order valence-electron chi connectivity index (χ0n) is 15.5. The average molecular weight is 339 g/mol. The van der Waals surface area contributed by atoms with Crippen molar-refractivity contribution in [1.82, 2.24) is 4.90 Å². The van der Waals surface area contributed by atoms with Crippen molar-refractivity contribution in [2.75, 3.05) is 0 Å². The molecule has 3 heteroatoms. The highest BCUT2D eigenvalue weighted by atomic mass is 16.5. The summed E-state index contributed by atoms with van der Waals surface area (Å²) in [5.74, 6) is 0.983. The van der Waals surface area contributed by atoms with Crippen LogP contribution in [0.4, 0.5) is 0 Å². The maximum absolute atomic E-state index is 12.6. The van der Waals surface area contributed by atoms with E-state index in [2.05, 4.69) is 39.5 Å². The Morgan fingerprint density at radius 2 is 2.00 bits per heavy atom. The van der Waals surface area contributed by atoms with Crippen LogP contribution in [0.15, 0.2) is 49.1 Å². The highest BCUT2D eigenvalue weighted by Crippen LogP contribution is 2.45. The van der Waals surface area contributed by atoms with Crippen molar-refractivity contribution < 1.29 is 9.53 Å². The third-order valence-corrected chi connectivity index (χ3v) is 5.82. The summed E-state index contributed by atoms with van der Waals surface area (Å²) in [5, 5.41) is 0. The fourth-order valence-corrected chi connectivity index (χ4v) is 4.43. The van der Waals surface area contributed by atoms with Gasteiger partial charge in [0.05, 0.1) is 6.10 Å². The van der Waals surface area contributed by atoms with E-state index in [0.29, 0.717) is 11.8 Å². The van der Waals surface area contributed by atoms with Gasteiger partial charge in [0, 0.05) is 11.5 Å². The minimum absolute atomic E-state index is 0.0650. The summed E-state index contributed by atoms with van der Waals surface area (Å²) in [6.07, 6.45) is 8.68.